The molecular formula is C6H4Cl2OS. The van der Waals surface area contributed by atoms with Gasteiger partial charge in [-0.2, -0.15) is 0 Å². The maximum absolute atomic E-state index is 10.5. The normalized spacial score (nSPS) is 9.80. The molecule has 1 heterocycles. The van der Waals surface area contributed by atoms with E-state index in [0.717, 1.165) is 4.88 Å². The highest BCUT2D eigenvalue weighted by Gasteiger charge is 2.04. The minimum atomic E-state index is -0.415. The van der Waals surface area contributed by atoms with Gasteiger partial charge in [0.25, 0.3) is 5.24 Å². The number of halogens is 2. The molecule has 0 saturated heterocycles. The van der Waals surface area contributed by atoms with Crippen LogP contribution in [0.3, 0.4) is 0 Å². The average Bonchev–Trinajstić information content (AvgIpc) is 2.34. The third-order valence-corrected chi connectivity index (χ3v) is 2.83. The van der Waals surface area contributed by atoms with Gasteiger partial charge in [0, 0.05) is 4.88 Å². The van der Waals surface area contributed by atoms with Gasteiger partial charge < -0.3 is 0 Å². The Kier molecular flexibility index (Phi) is 2.72. The largest absolute Gasteiger partial charge is 0.275 e. The summed E-state index contributed by atoms with van der Waals surface area (Å²) in [6, 6.07) is 3.48. The van der Waals surface area contributed by atoms with Gasteiger partial charge in [-0.3, -0.25) is 4.79 Å². The fourth-order valence-electron chi connectivity index (χ4n) is 0.555. The van der Waals surface area contributed by atoms with E-state index < -0.39 is 5.24 Å². The second kappa shape index (κ2) is 3.37. The molecule has 54 valence electrons. The number of hydrogen-bond donors (Lipinski definition) is 0. The highest BCUT2D eigenvalue weighted by Crippen LogP contribution is 2.19. The van der Waals surface area contributed by atoms with Crippen LogP contribution in [0.25, 0.3) is 0 Å². The Hall–Kier alpha value is -0.0500. The Labute approximate surface area is 72.6 Å². The molecule has 0 amide bonds. The first-order chi connectivity index (χ1) is 4.74. The lowest BCUT2D eigenvalue weighted by Crippen LogP contribution is -1.78. The molecule has 0 atom stereocenters. The lowest BCUT2D eigenvalue weighted by atomic mass is 10.4. The number of hydrogen-bond acceptors (Lipinski definition) is 2. The summed E-state index contributed by atoms with van der Waals surface area (Å²) in [5.41, 5.74) is 0. The van der Waals surface area contributed by atoms with Gasteiger partial charge in [0.1, 0.15) is 0 Å². The molecule has 0 aromatic carbocycles. The maximum atomic E-state index is 10.5. The highest BCUT2D eigenvalue weighted by molar-refractivity contribution is 7.15. The van der Waals surface area contributed by atoms with Gasteiger partial charge in [0.05, 0.1) is 10.8 Å². The fraction of sp³-hybridized carbons (Fsp3) is 0.167. The molecule has 0 radical (unpaired) electrons. The fourth-order valence-corrected chi connectivity index (χ4v) is 1.68. The van der Waals surface area contributed by atoms with E-state index in [4.69, 9.17) is 23.2 Å². The minimum absolute atomic E-state index is 0.415. The monoisotopic (exact) mass is 194 g/mol. The molecule has 10 heavy (non-hydrogen) atoms. The van der Waals surface area contributed by atoms with Gasteiger partial charge in [0.2, 0.25) is 0 Å². The molecule has 0 N–H and O–H groups in total. The Bertz CT molecular complexity index is 244. The van der Waals surface area contributed by atoms with Crippen LogP contribution in [0.2, 0.25) is 0 Å². The Morgan fingerprint density at radius 1 is 1.60 bits per heavy atom. The van der Waals surface area contributed by atoms with E-state index in [1.165, 1.54) is 11.3 Å². The first-order valence-electron chi connectivity index (χ1n) is 2.58. The number of alkyl halides is 1. The van der Waals surface area contributed by atoms with Crippen molar-refractivity contribution in [2.75, 3.05) is 0 Å². The van der Waals surface area contributed by atoms with Crippen LogP contribution in [0.5, 0.6) is 0 Å². The molecule has 0 spiro atoms. The van der Waals surface area contributed by atoms with Crippen LogP contribution in [-0.2, 0) is 5.88 Å². The van der Waals surface area contributed by atoms with Gasteiger partial charge in [-0.05, 0) is 23.7 Å². The smallest absolute Gasteiger partial charge is 0.262 e. The maximum Gasteiger partial charge on any atom is 0.262 e. The first kappa shape index (κ1) is 8.05. The second-order valence-electron chi connectivity index (χ2n) is 1.67. The first-order valence-corrected chi connectivity index (χ1v) is 4.31. The molecule has 1 aromatic rings. The quantitative estimate of drug-likeness (QED) is 0.523. The van der Waals surface area contributed by atoms with Crippen molar-refractivity contribution in [3.05, 3.63) is 21.9 Å². The molecule has 0 aliphatic heterocycles. The summed E-state index contributed by atoms with van der Waals surface area (Å²) in [5, 5.41) is -0.415. The van der Waals surface area contributed by atoms with Gasteiger partial charge >= 0.3 is 0 Å². The molecule has 1 rings (SSSR count). The number of carbonyl (C=O) groups is 1. The van der Waals surface area contributed by atoms with Crippen molar-refractivity contribution in [3.8, 4) is 0 Å². The molecule has 4 heteroatoms. The van der Waals surface area contributed by atoms with Crippen molar-refractivity contribution in [2.45, 2.75) is 5.88 Å². The molecule has 0 bridgehead atoms. The van der Waals surface area contributed by atoms with Crippen molar-refractivity contribution in [2.24, 2.45) is 0 Å². The van der Waals surface area contributed by atoms with E-state index in [1.54, 1.807) is 12.1 Å². The summed E-state index contributed by atoms with van der Waals surface area (Å²) < 4.78 is 0. The van der Waals surface area contributed by atoms with Gasteiger partial charge in [0.15, 0.2) is 0 Å². The minimum Gasteiger partial charge on any atom is -0.275 e. The summed E-state index contributed by atoms with van der Waals surface area (Å²) in [5.74, 6) is 0.439. The molecule has 0 aliphatic carbocycles. The van der Waals surface area contributed by atoms with Crippen LogP contribution >= 0.6 is 34.5 Å². The Morgan fingerprint density at radius 3 is 2.60 bits per heavy atom. The van der Waals surface area contributed by atoms with Crippen LogP contribution < -0.4 is 0 Å². The Balaban J connectivity index is 2.88. The lowest BCUT2D eigenvalue weighted by Gasteiger charge is -1.81. The summed E-state index contributed by atoms with van der Waals surface area (Å²) in [4.78, 5) is 12.0. The predicted molar refractivity (Wildman–Crippen MR) is 44.1 cm³/mol. The molecular weight excluding hydrogens is 191 g/mol. The number of carbonyl (C=O) groups excluding carboxylic acids is 1. The summed E-state index contributed by atoms with van der Waals surface area (Å²) >= 11 is 12.0. The highest BCUT2D eigenvalue weighted by atomic mass is 35.5. The molecule has 0 saturated carbocycles. The molecule has 1 aromatic heterocycles. The van der Waals surface area contributed by atoms with Gasteiger partial charge in [-0.1, -0.05) is 0 Å². The van der Waals surface area contributed by atoms with E-state index in [-0.39, 0.29) is 0 Å². The van der Waals surface area contributed by atoms with E-state index in [2.05, 4.69) is 0 Å². The van der Waals surface area contributed by atoms with Gasteiger partial charge in [-0.15, -0.1) is 22.9 Å². The zero-order valence-corrected chi connectivity index (χ0v) is 7.26. The van der Waals surface area contributed by atoms with Gasteiger partial charge in [-0.25, -0.2) is 0 Å². The average molecular weight is 195 g/mol. The SMILES string of the molecule is O=C(Cl)c1ccc(CCl)s1. The van der Waals surface area contributed by atoms with Crippen LogP contribution in [0.15, 0.2) is 12.1 Å². The standard InChI is InChI=1S/C6H4Cl2OS/c7-3-4-1-2-5(10-4)6(8)9/h1-2H,3H2. The van der Waals surface area contributed by atoms with Crippen LogP contribution in [0, 0.1) is 0 Å². The summed E-state index contributed by atoms with van der Waals surface area (Å²) in [6.07, 6.45) is 0. The van der Waals surface area contributed by atoms with E-state index >= 15 is 0 Å². The van der Waals surface area contributed by atoms with Crippen molar-refractivity contribution < 1.29 is 4.79 Å². The van der Waals surface area contributed by atoms with Crippen molar-refractivity contribution >= 4 is 39.8 Å². The second-order valence-corrected chi connectivity index (χ2v) is 3.45. The van der Waals surface area contributed by atoms with Crippen LogP contribution in [0.1, 0.15) is 14.5 Å². The predicted octanol–water partition coefficient (Wildman–Crippen LogP) is 2.87. The van der Waals surface area contributed by atoms with E-state index in [1.807, 2.05) is 0 Å². The number of rotatable bonds is 2. The lowest BCUT2D eigenvalue weighted by molar-refractivity contribution is 0.108. The molecule has 0 fully saturated rings. The van der Waals surface area contributed by atoms with Crippen LogP contribution in [-0.4, -0.2) is 5.24 Å². The zero-order valence-electron chi connectivity index (χ0n) is 4.93. The summed E-state index contributed by atoms with van der Waals surface area (Å²) in [7, 11) is 0. The molecule has 1 nitrogen and oxygen atoms in total. The van der Waals surface area contributed by atoms with E-state index in [9.17, 15) is 4.79 Å². The van der Waals surface area contributed by atoms with Crippen LogP contribution in [0.4, 0.5) is 0 Å². The molecule has 0 unspecified atom stereocenters. The van der Waals surface area contributed by atoms with Crippen molar-refractivity contribution in [1.29, 1.82) is 0 Å². The number of thiophene rings is 1. The Morgan fingerprint density at radius 2 is 2.30 bits per heavy atom. The zero-order chi connectivity index (χ0) is 7.56. The third-order valence-electron chi connectivity index (χ3n) is 0.987. The topological polar surface area (TPSA) is 17.1 Å². The van der Waals surface area contributed by atoms with E-state index in [0.29, 0.717) is 10.8 Å². The van der Waals surface area contributed by atoms with Crippen molar-refractivity contribution in [3.63, 3.8) is 0 Å². The van der Waals surface area contributed by atoms with Crippen molar-refractivity contribution in [1.82, 2.24) is 0 Å². The third kappa shape index (κ3) is 1.72. The molecule has 0 aliphatic rings. The summed E-state index contributed by atoms with van der Waals surface area (Å²) in [6.45, 7) is 0.